The van der Waals surface area contributed by atoms with Gasteiger partial charge in [-0.3, -0.25) is 0 Å². The summed E-state index contributed by atoms with van der Waals surface area (Å²) in [4.78, 5) is 1.81. The lowest BCUT2D eigenvalue weighted by molar-refractivity contribution is -0.187. The number of alkyl halides is 3. The van der Waals surface area contributed by atoms with Crippen LogP contribution in [0.1, 0.15) is 19.8 Å². The second-order valence-electron chi connectivity index (χ2n) is 4.43. The van der Waals surface area contributed by atoms with Crippen LogP contribution in [0, 0.1) is 11.8 Å². The summed E-state index contributed by atoms with van der Waals surface area (Å²) in [6, 6.07) is 0. The first-order chi connectivity index (χ1) is 6.93. The van der Waals surface area contributed by atoms with Gasteiger partial charge in [-0.25, -0.2) is 0 Å². The van der Waals surface area contributed by atoms with Gasteiger partial charge in [-0.15, -0.1) is 0 Å². The van der Waals surface area contributed by atoms with Crippen LogP contribution in [0.4, 0.5) is 13.2 Å². The zero-order valence-electron chi connectivity index (χ0n) is 8.93. The van der Waals surface area contributed by atoms with Gasteiger partial charge in [0.1, 0.15) is 0 Å². The predicted molar refractivity (Wildman–Crippen MR) is 51.5 cm³/mol. The third kappa shape index (κ3) is 3.99. The molecule has 1 fully saturated rings. The standard InChI is InChI=1S/C10H18F3NO/c1-8(7-15)5-14-4-2-3-9(6-14)10(11,12)13/h8-9,15H,2-7H2,1H3. The van der Waals surface area contributed by atoms with Crippen LogP contribution in [-0.2, 0) is 0 Å². The maximum atomic E-state index is 12.5. The average Bonchev–Trinajstić information content (AvgIpc) is 2.17. The van der Waals surface area contributed by atoms with E-state index in [9.17, 15) is 13.2 Å². The van der Waals surface area contributed by atoms with Gasteiger partial charge in [0.15, 0.2) is 0 Å². The summed E-state index contributed by atoms with van der Waals surface area (Å²) >= 11 is 0. The Morgan fingerprint density at radius 3 is 2.67 bits per heavy atom. The quantitative estimate of drug-likeness (QED) is 0.792. The van der Waals surface area contributed by atoms with Crippen molar-refractivity contribution < 1.29 is 18.3 Å². The highest BCUT2D eigenvalue weighted by atomic mass is 19.4. The molecule has 1 aliphatic heterocycles. The number of halogens is 3. The minimum Gasteiger partial charge on any atom is -0.396 e. The van der Waals surface area contributed by atoms with E-state index in [0.717, 1.165) is 6.54 Å². The molecule has 0 saturated carbocycles. The molecular weight excluding hydrogens is 207 g/mol. The Morgan fingerprint density at radius 1 is 1.47 bits per heavy atom. The molecule has 0 bridgehead atoms. The molecule has 15 heavy (non-hydrogen) atoms. The van der Waals surface area contributed by atoms with E-state index in [1.54, 1.807) is 0 Å². The largest absolute Gasteiger partial charge is 0.396 e. The van der Waals surface area contributed by atoms with E-state index in [-0.39, 0.29) is 25.5 Å². The fraction of sp³-hybridized carbons (Fsp3) is 1.00. The van der Waals surface area contributed by atoms with Crippen molar-refractivity contribution in [2.45, 2.75) is 25.9 Å². The summed E-state index contributed by atoms with van der Waals surface area (Å²) in [5, 5.41) is 8.84. The molecule has 1 rings (SSSR count). The van der Waals surface area contributed by atoms with Crippen LogP contribution in [0.25, 0.3) is 0 Å². The zero-order chi connectivity index (χ0) is 11.5. The number of rotatable bonds is 3. The van der Waals surface area contributed by atoms with Crippen molar-refractivity contribution in [3.63, 3.8) is 0 Å². The molecule has 0 amide bonds. The van der Waals surface area contributed by atoms with E-state index in [2.05, 4.69) is 0 Å². The number of nitrogens with zero attached hydrogens (tertiary/aromatic N) is 1. The molecule has 2 nitrogen and oxygen atoms in total. The molecule has 0 aromatic heterocycles. The number of aliphatic hydroxyl groups excluding tert-OH is 1. The minimum atomic E-state index is -4.07. The Hall–Kier alpha value is -0.290. The number of aliphatic hydroxyl groups is 1. The molecule has 0 radical (unpaired) electrons. The second-order valence-corrected chi connectivity index (χ2v) is 4.43. The summed E-state index contributed by atoms with van der Waals surface area (Å²) in [6.45, 7) is 3.25. The summed E-state index contributed by atoms with van der Waals surface area (Å²) in [7, 11) is 0. The molecule has 1 heterocycles. The molecule has 0 aromatic rings. The van der Waals surface area contributed by atoms with Gasteiger partial charge >= 0.3 is 6.18 Å². The molecule has 1 N–H and O–H groups in total. The van der Waals surface area contributed by atoms with Crippen LogP contribution in [0.15, 0.2) is 0 Å². The molecule has 1 aliphatic rings. The highest BCUT2D eigenvalue weighted by Gasteiger charge is 2.41. The van der Waals surface area contributed by atoms with Gasteiger partial charge in [0.25, 0.3) is 0 Å². The van der Waals surface area contributed by atoms with Crippen molar-refractivity contribution >= 4 is 0 Å². The first kappa shape index (κ1) is 12.8. The van der Waals surface area contributed by atoms with E-state index in [0.29, 0.717) is 13.0 Å². The monoisotopic (exact) mass is 225 g/mol. The van der Waals surface area contributed by atoms with Crippen LogP contribution in [0.3, 0.4) is 0 Å². The van der Waals surface area contributed by atoms with E-state index < -0.39 is 12.1 Å². The highest BCUT2D eigenvalue weighted by molar-refractivity contribution is 4.78. The lowest BCUT2D eigenvalue weighted by Crippen LogP contribution is -2.43. The Bertz CT molecular complexity index is 196. The molecule has 0 aliphatic carbocycles. The molecule has 5 heteroatoms. The first-order valence-electron chi connectivity index (χ1n) is 5.33. The van der Waals surface area contributed by atoms with Crippen LogP contribution in [-0.4, -0.2) is 42.4 Å². The number of hydrogen-bond donors (Lipinski definition) is 1. The fourth-order valence-electron chi connectivity index (χ4n) is 1.99. The summed E-state index contributed by atoms with van der Waals surface area (Å²) in [5.41, 5.74) is 0. The Labute approximate surface area is 88.1 Å². The van der Waals surface area contributed by atoms with Gasteiger partial charge in [0.2, 0.25) is 0 Å². The molecule has 0 aromatic carbocycles. The minimum absolute atomic E-state index is 0.0349. The van der Waals surface area contributed by atoms with Crippen LogP contribution >= 0.6 is 0 Å². The number of piperidine rings is 1. The van der Waals surface area contributed by atoms with E-state index in [1.165, 1.54) is 0 Å². The van der Waals surface area contributed by atoms with Gasteiger partial charge in [-0.2, -0.15) is 13.2 Å². The highest BCUT2D eigenvalue weighted by Crippen LogP contribution is 2.33. The zero-order valence-corrected chi connectivity index (χ0v) is 8.93. The van der Waals surface area contributed by atoms with Gasteiger partial charge in [-0.1, -0.05) is 6.92 Å². The van der Waals surface area contributed by atoms with Crippen molar-refractivity contribution in [3.8, 4) is 0 Å². The lowest BCUT2D eigenvalue weighted by atomic mass is 9.96. The van der Waals surface area contributed by atoms with Crippen LogP contribution < -0.4 is 0 Å². The molecule has 2 unspecified atom stereocenters. The van der Waals surface area contributed by atoms with Crippen molar-refractivity contribution in [3.05, 3.63) is 0 Å². The third-order valence-electron chi connectivity index (χ3n) is 2.85. The van der Waals surface area contributed by atoms with E-state index >= 15 is 0 Å². The van der Waals surface area contributed by atoms with Crippen LogP contribution in [0.2, 0.25) is 0 Å². The molecule has 1 saturated heterocycles. The summed E-state index contributed by atoms with van der Waals surface area (Å²) in [6.07, 6.45) is -3.23. The van der Waals surface area contributed by atoms with Crippen molar-refractivity contribution in [2.75, 3.05) is 26.2 Å². The van der Waals surface area contributed by atoms with Crippen molar-refractivity contribution in [2.24, 2.45) is 11.8 Å². The summed E-state index contributed by atoms with van der Waals surface area (Å²) in [5.74, 6) is -1.13. The number of likely N-dealkylation sites (tertiary alicyclic amines) is 1. The molecular formula is C10H18F3NO. The first-order valence-corrected chi connectivity index (χ1v) is 5.33. The number of hydrogen-bond acceptors (Lipinski definition) is 2. The van der Waals surface area contributed by atoms with E-state index in [1.807, 2.05) is 11.8 Å². The van der Waals surface area contributed by atoms with Crippen molar-refractivity contribution in [1.82, 2.24) is 4.90 Å². The van der Waals surface area contributed by atoms with Crippen LogP contribution in [0.5, 0.6) is 0 Å². The third-order valence-corrected chi connectivity index (χ3v) is 2.85. The molecule has 0 spiro atoms. The van der Waals surface area contributed by atoms with Crippen molar-refractivity contribution in [1.29, 1.82) is 0 Å². The average molecular weight is 225 g/mol. The van der Waals surface area contributed by atoms with Gasteiger partial charge in [0.05, 0.1) is 5.92 Å². The SMILES string of the molecule is CC(CO)CN1CCCC(C(F)(F)F)C1. The van der Waals surface area contributed by atoms with E-state index in [4.69, 9.17) is 5.11 Å². The Kier molecular flexibility index (Phi) is 4.40. The maximum absolute atomic E-state index is 12.5. The predicted octanol–water partition coefficient (Wildman–Crippen LogP) is 1.89. The molecule has 90 valence electrons. The maximum Gasteiger partial charge on any atom is 0.393 e. The second kappa shape index (κ2) is 5.16. The smallest absolute Gasteiger partial charge is 0.393 e. The normalized spacial score (nSPS) is 26.6. The molecule has 2 atom stereocenters. The Balaban J connectivity index is 2.42. The summed E-state index contributed by atoms with van der Waals surface area (Å²) < 4.78 is 37.4. The topological polar surface area (TPSA) is 23.5 Å². The van der Waals surface area contributed by atoms with Gasteiger partial charge in [-0.05, 0) is 25.3 Å². The Morgan fingerprint density at radius 2 is 2.13 bits per heavy atom. The van der Waals surface area contributed by atoms with Gasteiger partial charge in [0, 0.05) is 19.7 Å². The van der Waals surface area contributed by atoms with Gasteiger partial charge < -0.3 is 10.0 Å². The lowest BCUT2D eigenvalue weighted by Gasteiger charge is -2.34. The fourth-order valence-corrected chi connectivity index (χ4v) is 1.99.